The third kappa shape index (κ3) is 4.23. The molecule has 100 valence electrons. The largest absolute Gasteiger partial charge is 0.391 e. The van der Waals surface area contributed by atoms with E-state index in [2.05, 4.69) is 0 Å². The molecule has 0 amide bonds. The van der Waals surface area contributed by atoms with Crippen molar-refractivity contribution >= 4 is 0 Å². The Labute approximate surface area is 105 Å². The normalized spacial score (nSPS) is 26.5. The van der Waals surface area contributed by atoms with Crippen LogP contribution in [0.15, 0.2) is 0 Å². The van der Waals surface area contributed by atoms with Crippen LogP contribution in [0.25, 0.3) is 0 Å². The number of aliphatic hydroxyl groups is 1. The highest BCUT2D eigenvalue weighted by Gasteiger charge is 2.29. The highest BCUT2D eigenvalue weighted by atomic mass is 16.5. The Morgan fingerprint density at radius 3 is 2.47 bits per heavy atom. The van der Waals surface area contributed by atoms with E-state index in [0.717, 1.165) is 25.2 Å². The molecule has 3 heteroatoms. The Hall–Kier alpha value is -0.120. The van der Waals surface area contributed by atoms with Crippen LogP contribution in [0, 0.1) is 5.92 Å². The van der Waals surface area contributed by atoms with Crippen molar-refractivity contribution in [3.63, 3.8) is 0 Å². The minimum absolute atomic E-state index is 0.104. The quantitative estimate of drug-likeness (QED) is 0.749. The number of hydrogen-bond donors (Lipinski definition) is 2. The van der Waals surface area contributed by atoms with E-state index in [0.29, 0.717) is 13.2 Å². The summed E-state index contributed by atoms with van der Waals surface area (Å²) in [6.45, 7) is 1.09. The maximum absolute atomic E-state index is 9.90. The van der Waals surface area contributed by atoms with Crippen molar-refractivity contribution in [1.82, 2.24) is 0 Å². The van der Waals surface area contributed by atoms with Crippen LogP contribution in [0.3, 0.4) is 0 Å². The predicted octanol–water partition coefficient (Wildman–Crippen LogP) is 2.22. The van der Waals surface area contributed by atoms with Crippen LogP contribution in [-0.4, -0.2) is 30.0 Å². The number of ether oxygens (including phenoxy) is 1. The van der Waals surface area contributed by atoms with Crippen molar-refractivity contribution < 1.29 is 9.84 Å². The first-order valence-electron chi connectivity index (χ1n) is 7.23. The van der Waals surface area contributed by atoms with Gasteiger partial charge in [0.1, 0.15) is 0 Å². The zero-order valence-electron chi connectivity index (χ0n) is 10.9. The fourth-order valence-corrected chi connectivity index (χ4v) is 3.32. The van der Waals surface area contributed by atoms with E-state index >= 15 is 0 Å². The summed E-state index contributed by atoms with van der Waals surface area (Å²) in [6, 6.07) is 0. The van der Waals surface area contributed by atoms with Crippen molar-refractivity contribution in [2.24, 2.45) is 11.7 Å². The fraction of sp³-hybridized carbons (Fsp3) is 1.00. The minimum Gasteiger partial charge on any atom is -0.391 e. The zero-order chi connectivity index (χ0) is 12.1. The lowest BCUT2D eigenvalue weighted by molar-refractivity contribution is 0.00594. The number of hydrogen-bond acceptors (Lipinski definition) is 3. The summed E-state index contributed by atoms with van der Waals surface area (Å²) < 4.78 is 5.62. The minimum atomic E-state index is -0.289. The van der Waals surface area contributed by atoms with E-state index in [-0.39, 0.29) is 11.6 Å². The van der Waals surface area contributed by atoms with E-state index in [1.165, 1.54) is 38.5 Å². The van der Waals surface area contributed by atoms with Gasteiger partial charge in [-0.2, -0.15) is 0 Å². The third-order valence-electron chi connectivity index (χ3n) is 4.38. The summed E-state index contributed by atoms with van der Waals surface area (Å²) in [5.41, 5.74) is 6.10. The summed E-state index contributed by atoms with van der Waals surface area (Å²) >= 11 is 0. The van der Waals surface area contributed by atoms with Gasteiger partial charge in [-0.25, -0.2) is 0 Å². The molecular weight excluding hydrogens is 214 g/mol. The maximum atomic E-state index is 9.90. The summed E-state index contributed by atoms with van der Waals surface area (Å²) in [4.78, 5) is 0. The van der Waals surface area contributed by atoms with Gasteiger partial charge in [0.05, 0.1) is 19.3 Å². The molecule has 0 radical (unpaired) electrons. The van der Waals surface area contributed by atoms with E-state index < -0.39 is 0 Å². The molecular formula is C14H27NO2. The van der Waals surface area contributed by atoms with E-state index in [9.17, 15) is 5.11 Å². The monoisotopic (exact) mass is 241 g/mol. The summed E-state index contributed by atoms with van der Waals surface area (Å²) in [5, 5.41) is 9.90. The first kappa shape index (κ1) is 13.3. The predicted molar refractivity (Wildman–Crippen MR) is 68.8 cm³/mol. The van der Waals surface area contributed by atoms with Gasteiger partial charge < -0.3 is 15.6 Å². The topological polar surface area (TPSA) is 55.5 Å². The van der Waals surface area contributed by atoms with Gasteiger partial charge in [-0.05, 0) is 25.2 Å². The van der Waals surface area contributed by atoms with Gasteiger partial charge >= 0.3 is 0 Å². The first-order valence-corrected chi connectivity index (χ1v) is 7.23. The maximum Gasteiger partial charge on any atom is 0.0776 e. The van der Waals surface area contributed by atoms with Crippen molar-refractivity contribution in [1.29, 1.82) is 0 Å². The second-order valence-corrected chi connectivity index (χ2v) is 6.12. The van der Waals surface area contributed by atoms with Gasteiger partial charge in [0.15, 0.2) is 0 Å². The summed E-state index contributed by atoms with van der Waals surface area (Å²) in [5.74, 6) is 0.729. The lowest BCUT2D eigenvalue weighted by Crippen LogP contribution is -2.42. The molecule has 0 bridgehead atoms. The number of aliphatic hydroxyl groups excluding tert-OH is 1. The second-order valence-electron chi connectivity index (χ2n) is 6.12. The summed E-state index contributed by atoms with van der Waals surface area (Å²) in [7, 11) is 0. The van der Waals surface area contributed by atoms with E-state index in [1.807, 2.05) is 0 Å². The molecule has 0 aromatic heterocycles. The van der Waals surface area contributed by atoms with E-state index in [4.69, 9.17) is 10.5 Å². The molecule has 2 rings (SSSR count). The molecule has 17 heavy (non-hydrogen) atoms. The molecule has 0 aromatic carbocycles. The Kier molecular flexibility index (Phi) is 4.83. The molecule has 3 nitrogen and oxygen atoms in total. The van der Waals surface area contributed by atoms with Crippen LogP contribution >= 0.6 is 0 Å². The molecule has 2 aliphatic carbocycles. The molecule has 0 spiro atoms. The van der Waals surface area contributed by atoms with Crippen molar-refractivity contribution in [2.45, 2.75) is 69.4 Å². The lowest BCUT2D eigenvalue weighted by atomic mass is 10.00. The molecule has 1 atom stereocenters. The average Bonchev–Trinajstić information content (AvgIpc) is 2.90. The highest BCUT2D eigenvalue weighted by Crippen LogP contribution is 2.29. The molecule has 0 aliphatic heterocycles. The van der Waals surface area contributed by atoms with Gasteiger partial charge in [0, 0.05) is 5.54 Å². The van der Waals surface area contributed by atoms with Crippen LogP contribution in [0.1, 0.15) is 57.8 Å². The van der Waals surface area contributed by atoms with Crippen LogP contribution < -0.4 is 5.73 Å². The third-order valence-corrected chi connectivity index (χ3v) is 4.38. The standard InChI is InChI=1S/C14H27NO2/c15-14(7-3-4-8-14)11-17-10-13(16)9-12-5-1-2-6-12/h12-13,16H,1-11,15H2. The van der Waals surface area contributed by atoms with Crippen molar-refractivity contribution in [3.8, 4) is 0 Å². The molecule has 0 heterocycles. The Morgan fingerprint density at radius 1 is 1.18 bits per heavy atom. The average molecular weight is 241 g/mol. The van der Waals surface area contributed by atoms with Gasteiger partial charge in [-0.3, -0.25) is 0 Å². The van der Waals surface area contributed by atoms with Crippen LogP contribution in [0.2, 0.25) is 0 Å². The Balaban J connectivity index is 1.57. The van der Waals surface area contributed by atoms with Gasteiger partial charge in [-0.1, -0.05) is 38.5 Å². The molecule has 1 unspecified atom stereocenters. The lowest BCUT2D eigenvalue weighted by Gasteiger charge is -2.24. The SMILES string of the molecule is NC1(COCC(O)CC2CCCC2)CCCC1. The van der Waals surface area contributed by atoms with Gasteiger partial charge in [-0.15, -0.1) is 0 Å². The number of nitrogens with two attached hydrogens (primary N) is 1. The second kappa shape index (κ2) is 6.17. The molecule has 0 saturated heterocycles. The molecule has 2 aliphatic rings. The highest BCUT2D eigenvalue weighted by molar-refractivity contribution is 4.89. The zero-order valence-corrected chi connectivity index (χ0v) is 10.9. The Bertz CT molecular complexity index is 220. The van der Waals surface area contributed by atoms with Crippen molar-refractivity contribution in [3.05, 3.63) is 0 Å². The molecule has 2 fully saturated rings. The van der Waals surface area contributed by atoms with Gasteiger partial charge in [0.25, 0.3) is 0 Å². The molecule has 3 N–H and O–H groups in total. The number of rotatable bonds is 6. The smallest absolute Gasteiger partial charge is 0.0776 e. The van der Waals surface area contributed by atoms with Gasteiger partial charge in [0.2, 0.25) is 0 Å². The summed E-state index contributed by atoms with van der Waals surface area (Å²) in [6.07, 6.45) is 10.5. The fourth-order valence-electron chi connectivity index (χ4n) is 3.32. The Morgan fingerprint density at radius 2 is 1.82 bits per heavy atom. The van der Waals surface area contributed by atoms with Crippen molar-refractivity contribution in [2.75, 3.05) is 13.2 Å². The van der Waals surface area contributed by atoms with Crippen LogP contribution in [-0.2, 0) is 4.74 Å². The molecule has 2 saturated carbocycles. The molecule has 0 aromatic rings. The van der Waals surface area contributed by atoms with E-state index in [1.54, 1.807) is 0 Å². The van der Waals surface area contributed by atoms with Crippen LogP contribution in [0.5, 0.6) is 0 Å². The first-order chi connectivity index (χ1) is 8.18. The van der Waals surface area contributed by atoms with Crippen LogP contribution in [0.4, 0.5) is 0 Å².